The molecule has 0 saturated carbocycles. The summed E-state index contributed by atoms with van der Waals surface area (Å²) in [5.41, 5.74) is 1.25. The Hall–Kier alpha value is -2.14. The molecule has 0 aliphatic rings. The molecule has 5 nitrogen and oxygen atoms in total. The highest BCUT2D eigenvalue weighted by atomic mass is 35.5. The van der Waals surface area contributed by atoms with Gasteiger partial charge in [0.05, 0.1) is 19.5 Å². The number of hydrogen-bond acceptors (Lipinski definition) is 5. The molecule has 0 radical (unpaired) electrons. The molecule has 2 aromatic rings. The van der Waals surface area contributed by atoms with E-state index in [-0.39, 0.29) is 5.69 Å². The van der Waals surface area contributed by atoms with Crippen LogP contribution in [0.2, 0.25) is 5.02 Å². The van der Waals surface area contributed by atoms with E-state index in [1.54, 1.807) is 0 Å². The Bertz CT molecular complexity index is 555. The van der Waals surface area contributed by atoms with Crippen molar-refractivity contribution in [3.05, 3.63) is 52.9 Å². The van der Waals surface area contributed by atoms with Crippen LogP contribution in [0.3, 0.4) is 0 Å². The molecular weight excluding hydrogens is 266 g/mol. The number of hydrogen-bond donors (Lipinski definition) is 1. The van der Waals surface area contributed by atoms with Crippen LogP contribution >= 0.6 is 11.6 Å². The molecule has 2 rings (SSSR count). The number of carbonyl (C=O) groups excluding carboxylic acids is 1. The maximum Gasteiger partial charge on any atom is 0.358 e. The highest BCUT2D eigenvalue weighted by Crippen LogP contribution is 2.11. The fourth-order valence-electron chi connectivity index (χ4n) is 1.42. The minimum absolute atomic E-state index is 0.180. The maximum absolute atomic E-state index is 11.2. The molecule has 1 aromatic carbocycles. The molecule has 0 aliphatic carbocycles. The molecule has 0 saturated heterocycles. The number of anilines is 1. The number of rotatable bonds is 4. The van der Waals surface area contributed by atoms with Gasteiger partial charge >= 0.3 is 5.97 Å². The van der Waals surface area contributed by atoms with Crippen molar-refractivity contribution in [3.8, 4) is 0 Å². The Morgan fingerprint density at radius 2 is 2.00 bits per heavy atom. The van der Waals surface area contributed by atoms with Crippen LogP contribution in [0.5, 0.6) is 0 Å². The maximum atomic E-state index is 11.2. The van der Waals surface area contributed by atoms with Crippen molar-refractivity contribution in [2.75, 3.05) is 12.4 Å². The summed E-state index contributed by atoms with van der Waals surface area (Å²) >= 11 is 5.80. The second kappa shape index (κ2) is 6.15. The third-order valence-electron chi connectivity index (χ3n) is 2.43. The SMILES string of the molecule is COC(=O)c1cnc(NCc2ccc(Cl)cc2)cn1. The number of benzene rings is 1. The zero-order valence-corrected chi connectivity index (χ0v) is 11.0. The minimum Gasteiger partial charge on any atom is -0.464 e. The molecule has 19 heavy (non-hydrogen) atoms. The molecule has 1 aromatic heterocycles. The molecule has 1 N–H and O–H groups in total. The molecule has 0 amide bonds. The van der Waals surface area contributed by atoms with E-state index in [9.17, 15) is 4.79 Å². The van der Waals surface area contributed by atoms with Crippen molar-refractivity contribution in [1.29, 1.82) is 0 Å². The van der Waals surface area contributed by atoms with E-state index < -0.39 is 5.97 Å². The van der Waals surface area contributed by atoms with E-state index in [0.717, 1.165) is 5.56 Å². The van der Waals surface area contributed by atoms with E-state index in [4.69, 9.17) is 11.6 Å². The van der Waals surface area contributed by atoms with Crippen molar-refractivity contribution in [1.82, 2.24) is 9.97 Å². The summed E-state index contributed by atoms with van der Waals surface area (Å²) in [6.45, 7) is 0.601. The van der Waals surface area contributed by atoms with Gasteiger partial charge in [0.2, 0.25) is 0 Å². The molecule has 6 heteroatoms. The van der Waals surface area contributed by atoms with Crippen LogP contribution in [0.25, 0.3) is 0 Å². The number of esters is 1. The van der Waals surface area contributed by atoms with Gasteiger partial charge in [-0.15, -0.1) is 0 Å². The highest BCUT2D eigenvalue weighted by molar-refractivity contribution is 6.30. The molecule has 0 spiro atoms. The van der Waals surface area contributed by atoms with Crippen LogP contribution in [0, 0.1) is 0 Å². The lowest BCUT2D eigenvalue weighted by Crippen LogP contribution is -2.07. The smallest absolute Gasteiger partial charge is 0.358 e. The number of nitrogens with one attached hydrogen (secondary N) is 1. The number of aromatic nitrogens is 2. The highest BCUT2D eigenvalue weighted by Gasteiger charge is 2.06. The monoisotopic (exact) mass is 277 g/mol. The Kier molecular flexibility index (Phi) is 4.30. The fraction of sp³-hybridized carbons (Fsp3) is 0.154. The number of carbonyl (C=O) groups is 1. The van der Waals surface area contributed by atoms with Crippen LogP contribution in [0.1, 0.15) is 16.1 Å². The van der Waals surface area contributed by atoms with Crippen molar-refractivity contribution >= 4 is 23.4 Å². The molecule has 98 valence electrons. The van der Waals surface area contributed by atoms with Crippen LogP contribution in [-0.2, 0) is 11.3 Å². The normalized spacial score (nSPS) is 10.0. The van der Waals surface area contributed by atoms with Gasteiger partial charge in [-0.05, 0) is 17.7 Å². The third kappa shape index (κ3) is 3.66. The van der Waals surface area contributed by atoms with Crippen molar-refractivity contribution in [2.24, 2.45) is 0 Å². The molecule has 0 bridgehead atoms. The molecule has 0 atom stereocenters. The number of nitrogens with zero attached hydrogens (tertiary/aromatic N) is 2. The van der Waals surface area contributed by atoms with Gasteiger partial charge in [-0.25, -0.2) is 14.8 Å². The van der Waals surface area contributed by atoms with Gasteiger partial charge in [-0.1, -0.05) is 23.7 Å². The first-order chi connectivity index (χ1) is 9.19. The Morgan fingerprint density at radius 3 is 2.58 bits per heavy atom. The summed E-state index contributed by atoms with van der Waals surface area (Å²) in [4.78, 5) is 19.2. The van der Waals surface area contributed by atoms with Crippen molar-refractivity contribution in [3.63, 3.8) is 0 Å². The van der Waals surface area contributed by atoms with Gasteiger partial charge in [-0.3, -0.25) is 0 Å². The first-order valence-corrected chi connectivity index (χ1v) is 5.95. The lowest BCUT2D eigenvalue weighted by Gasteiger charge is -2.05. The van der Waals surface area contributed by atoms with E-state index in [1.807, 2.05) is 24.3 Å². The molecule has 0 fully saturated rings. The summed E-state index contributed by atoms with van der Waals surface area (Å²) in [5.74, 6) is 0.0827. The topological polar surface area (TPSA) is 64.1 Å². The van der Waals surface area contributed by atoms with Gasteiger partial charge in [0.1, 0.15) is 5.82 Å². The van der Waals surface area contributed by atoms with Gasteiger partial charge in [0.25, 0.3) is 0 Å². The fourth-order valence-corrected chi connectivity index (χ4v) is 1.55. The van der Waals surface area contributed by atoms with Crippen LogP contribution in [0.4, 0.5) is 5.82 Å². The summed E-state index contributed by atoms with van der Waals surface area (Å²) in [6, 6.07) is 7.49. The lowest BCUT2D eigenvalue weighted by atomic mass is 10.2. The second-order valence-electron chi connectivity index (χ2n) is 3.76. The van der Waals surface area contributed by atoms with Crippen LogP contribution in [-0.4, -0.2) is 23.0 Å². The molecular formula is C13H12ClN3O2. The number of methoxy groups -OCH3 is 1. The van der Waals surface area contributed by atoms with Crippen molar-refractivity contribution in [2.45, 2.75) is 6.54 Å². The van der Waals surface area contributed by atoms with Crippen LogP contribution in [0.15, 0.2) is 36.7 Å². The predicted molar refractivity (Wildman–Crippen MR) is 72.2 cm³/mol. The van der Waals surface area contributed by atoms with Crippen molar-refractivity contribution < 1.29 is 9.53 Å². The summed E-state index contributed by atoms with van der Waals surface area (Å²) in [5, 5.41) is 3.80. The van der Waals surface area contributed by atoms with Crippen LogP contribution < -0.4 is 5.32 Å². The van der Waals surface area contributed by atoms with Gasteiger partial charge in [-0.2, -0.15) is 0 Å². The minimum atomic E-state index is -0.503. The molecule has 0 unspecified atom stereocenters. The Balaban J connectivity index is 1.96. The van der Waals surface area contributed by atoms with E-state index in [2.05, 4.69) is 20.0 Å². The lowest BCUT2D eigenvalue weighted by molar-refractivity contribution is 0.0593. The zero-order valence-electron chi connectivity index (χ0n) is 10.3. The second-order valence-corrected chi connectivity index (χ2v) is 4.19. The average Bonchev–Trinajstić information content (AvgIpc) is 2.46. The third-order valence-corrected chi connectivity index (χ3v) is 2.69. The number of halogens is 1. The van der Waals surface area contributed by atoms with E-state index in [0.29, 0.717) is 17.4 Å². The average molecular weight is 278 g/mol. The van der Waals surface area contributed by atoms with Gasteiger partial charge in [0.15, 0.2) is 5.69 Å². The largest absolute Gasteiger partial charge is 0.464 e. The van der Waals surface area contributed by atoms with E-state index in [1.165, 1.54) is 19.5 Å². The van der Waals surface area contributed by atoms with Gasteiger partial charge in [0, 0.05) is 11.6 Å². The Morgan fingerprint density at radius 1 is 1.26 bits per heavy atom. The zero-order chi connectivity index (χ0) is 13.7. The summed E-state index contributed by atoms with van der Waals surface area (Å²) in [6.07, 6.45) is 2.86. The first kappa shape index (κ1) is 13.3. The Labute approximate surface area is 115 Å². The van der Waals surface area contributed by atoms with E-state index >= 15 is 0 Å². The summed E-state index contributed by atoms with van der Waals surface area (Å²) < 4.78 is 4.54. The summed E-state index contributed by atoms with van der Waals surface area (Å²) in [7, 11) is 1.30. The first-order valence-electron chi connectivity index (χ1n) is 5.57. The molecule has 0 aliphatic heterocycles. The predicted octanol–water partition coefficient (Wildman–Crippen LogP) is 2.53. The number of ether oxygens (including phenoxy) is 1. The van der Waals surface area contributed by atoms with Gasteiger partial charge < -0.3 is 10.1 Å². The quantitative estimate of drug-likeness (QED) is 0.870. The standard InChI is InChI=1S/C13H12ClN3O2/c1-19-13(18)11-7-17-12(8-15-11)16-6-9-2-4-10(14)5-3-9/h2-5,7-8H,6H2,1H3,(H,16,17). The molecule has 1 heterocycles.